The predicted octanol–water partition coefficient (Wildman–Crippen LogP) is -0.624. The molecule has 0 spiro atoms. The number of nitrogens with two attached hydrogens (primary N) is 1. The summed E-state index contributed by atoms with van der Waals surface area (Å²) < 4.78 is 4.73. The Kier molecular flexibility index (Phi) is 4.49. The Labute approximate surface area is 103 Å². The smallest absolute Gasteiger partial charge is 0.340 e. The van der Waals surface area contributed by atoms with Crippen molar-refractivity contribution in [3.05, 3.63) is 17.7 Å². The first-order valence-corrected chi connectivity index (χ1v) is 5.21. The quantitative estimate of drug-likeness (QED) is 0.275. The van der Waals surface area contributed by atoms with Gasteiger partial charge in [-0.1, -0.05) is 0 Å². The zero-order valence-corrected chi connectivity index (χ0v) is 9.70. The van der Waals surface area contributed by atoms with Gasteiger partial charge in [0.1, 0.15) is 6.10 Å². The van der Waals surface area contributed by atoms with Gasteiger partial charge < -0.3 is 30.9 Å². The highest BCUT2D eigenvalue weighted by Gasteiger charge is 2.23. The number of phenols is 2. The van der Waals surface area contributed by atoms with Crippen molar-refractivity contribution in [2.75, 3.05) is 6.54 Å². The van der Waals surface area contributed by atoms with E-state index in [-0.39, 0.29) is 12.1 Å². The van der Waals surface area contributed by atoms with Crippen molar-refractivity contribution < 1.29 is 30.0 Å². The van der Waals surface area contributed by atoms with Gasteiger partial charge in [-0.15, -0.1) is 0 Å². The highest BCUT2D eigenvalue weighted by molar-refractivity contribution is 5.78. The largest absolute Gasteiger partial charge is 0.504 e. The maximum Gasteiger partial charge on any atom is 0.340 e. The van der Waals surface area contributed by atoms with Gasteiger partial charge in [0, 0.05) is 12.1 Å². The van der Waals surface area contributed by atoms with E-state index in [1.165, 1.54) is 13.0 Å². The fourth-order valence-corrected chi connectivity index (χ4v) is 1.26. The van der Waals surface area contributed by atoms with E-state index in [1.54, 1.807) is 0 Å². The molecule has 100 valence electrons. The molecule has 0 saturated carbocycles. The van der Waals surface area contributed by atoms with Crippen LogP contribution in [0.15, 0.2) is 12.1 Å². The van der Waals surface area contributed by atoms with Crippen molar-refractivity contribution in [1.29, 1.82) is 0 Å². The molecule has 0 bridgehead atoms. The van der Waals surface area contributed by atoms with Crippen molar-refractivity contribution in [3.8, 4) is 17.2 Å². The maximum atomic E-state index is 11.3. The predicted molar refractivity (Wildman–Crippen MR) is 61.1 cm³/mol. The number of aromatic hydroxyl groups is 2. The van der Waals surface area contributed by atoms with Crippen molar-refractivity contribution in [2.24, 2.45) is 5.73 Å². The van der Waals surface area contributed by atoms with Crippen LogP contribution in [0, 0.1) is 0 Å². The molecule has 7 heteroatoms. The summed E-state index contributed by atoms with van der Waals surface area (Å²) >= 11 is 0. The van der Waals surface area contributed by atoms with Crippen LogP contribution in [0.4, 0.5) is 0 Å². The molecule has 0 amide bonds. The molecule has 6 N–H and O–H groups in total. The minimum absolute atomic E-state index is 0.0433. The molecular weight excluding hydrogens is 242 g/mol. The number of ether oxygens (including phenoxy) is 1. The molecule has 0 radical (unpaired) electrons. The number of aliphatic hydroxyl groups is 2. The lowest BCUT2D eigenvalue weighted by Crippen LogP contribution is -2.23. The van der Waals surface area contributed by atoms with Crippen LogP contribution in [0.5, 0.6) is 17.2 Å². The molecule has 18 heavy (non-hydrogen) atoms. The van der Waals surface area contributed by atoms with Gasteiger partial charge in [-0.3, -0.25) is 0 Å². The first kappa shape index (κ1) is 14.2. The van der Waals surface area contributed by atoms with Crippen LogP contribution in [-0.2, 0) is 4.79 Å². The fourth-order valence-electron chi connectivity index (χ4n) is 1.26. The van der Waals surface area contributed by atoms with Crippen LogP contribution in [0.2, 0.25) is 0 Å². The second kappa shape index (κ2) is 5.67. The van der Waals surface area contributed by atoms with Crippen molar-refractivity contribution in [2.45, 2.75) is 19.1 Å². The third-order valence-electron chi connectivity index (χ3n) is 2.27. The summed E-state index contributed by atoms with van der Waals surface area (Å²) in [4.78, 5) is 11.3. The van der Waals surface area contributed by atoms with E-state index < -0.39 is 35.4 Å². The molecule has 1 unspecified atom stereocenters. The van der Waals surface area contributed by atoms with Crippen LogP contribution in [-0.4, -0.2) is 39.0 Å². The second-order valence-corrected chi connectivity index (χ2v) is 3.70. The number of phenolic OH excluding ortho intramolecular Hbond substituents is 2. The van der Waals surface area contributed by atoms with Crippen LogP contribution in [0.1, 0.15) is 18.6 Å². The van der Waals surface area contributed by atoms with Gasteiger partial charge in [-0.2, -0.15) is 0 Å². The van der Waals surface area contributed by atoms with Crippen molar-refractivity contribution in [1.82, 2.24) is 0 Å². The Morgan fingerprint density at radius 2 is 2.00 bits per heavy atom. The van der Waals surface area contributed by atoms with Crippen LogP contribution in [0.3, 0.4) is 0 Å². The average Bonchev–Trinajstić information content (AvgIpc) is 2.34. The molecule has 0 heterocycles. The summed E-state index contributed by atoms with van der Waals surface area (Å²) in [5.74, 6) is -2.66. The standard InChI is InChI=1S/C11H15NO6/c1-5(13)11(17)18-10-6(8(15)4-12)2-3-7(14)9(10)16/h2-3,5,8,13-16H,4,12H2,1H3/t5?,8-/m0/s1. The Morgan fingerprint density at radius 3 is 2.50 bits per heavy atom. The summed E-state index contributed by atoms with van der Waals surface area (Å²) in [6.45, 7) is 1.02. The van der Waals surface area contributed by atoms with Crippen LogP contribution in [0.25, 0.3) is 0 Å². The van der Waals surface area contributed by atoms with Gasteiger partial charge in [0.25, 0.3) is 0 Å². The molecule has 1 aromatic rings. The zero-order chi connectivity index (χ0) is 13.9. The highest BCUT2D eigenvalue weighted by Crippen LogP contribution is 2.40. The highest BCUT2D eigenvalue weighted by atomic mass is 16.6. The molecule has 1 aromatic carbocycles. The normalized spacial score (nSPS) is 14.0. The Balaban J connectivity index is 3.20. The number of rotatable bonds is 4. The first-order valence-electron chi connectivity index (χ1n) is 5.21. The van der Waals surface area contributed by atoms with E-state index in [2.05, 4.69) is 0 Å². The van der Waals surface area contributed by atoms with Gasteiger partial charge in [-0.05, 0) is 19.1 Å². The first-order chi connectivity index (χ1) is 8.38. The number of carbonyl (C=O) groups is 1. The zero-order valence-electron chi connectivity index (χ0n) is 9.70. The number of aliphatic hydroxyl groups excluding tert-OH is 2. The van der Waals surface area contributed by atoms with E-state index in [0.29, 0.717) is 0 Å². The van der Waals surface area contributed by atoms with Crippen LogP contribution >= 0.6 is 0 Å². The summed E-state index contributed by atoms with van der Waals surface area (Å²) in [7, 11) is 0. The third-order valence-corrected chi connectivity index (χ3v) is 2.27. The van der Waals surface area contributed by atoms with Gasteiger partial charge in [0.05, 0.1) is 6.10 Å². The van der Waals surface area contributed by atoms with E-state index >= 15 is 0 Å². The molecule has 0 fully saturated rings. The Hall–Kier alpha value is -1.83. The number of esters is 1. The van der Waals surface area contributed by atoms with Crippen molar-refractivity contribution in [3.63, 3.8) is 0 Å². The topological polar surface area (TPSA) is 133 Å². The minimum Gasteiger partial charge on any atom is -0.504 e. The van der Waals surface area contributed by atoms with E-state index in [9.17, 15) is 20.1 Å². The van der Waals surface area contributed by atoms with Gasteiger partial charge in [-0.25, -0.2) is 4.79 Å². The second-order valence-electron chi connectivity index (χ2n) is 3.70. The molecule has 0 aliphatic heterocycles. The molecule has 2 atom stereocenters. The number of carbonyl (C=O) groups excluding carboxylic acids is 1. The van der Waals surface area contributed by atoms with E-state index in [1.807, 2.05) is 0 Å². The molecule has 0 saturated heterocycles. The summed E-state index contributed by atoms with van der Waals surface area (Å²) in [6.07, 6.45) is -2.58. The third kappa shape index (κ3) is 2.89. The Morgan fingerprint density at radius 1 is 1.39 bits per heavy atom. The lowest BCUT2D eigenvalue weighted by molar-refractivity contribution is -0.142. The lowest BCUT2D eigenvalue weighted by Gasteiger charge is -2.16. The molecule has 0 aliphatic carbocycles. The molecular formula is C11H15NO6. The summed E-state index contributed by atoms with van der Waals surface area (Å²) in [5, 5.41) is 37.5. The SMILES string of the molecule is CC(O)C(=O)Oc1c([C@@H](O)CN)ccc(O)c1O. The lowest BCUT2D eigenvalue weighted by atomic mass is 10.1. The Bertz CT molecular complexity index is 445. The summed E-state index contributed by atoms with van der Waals surface area (Å²) in [5.41, 5.74) is 5.31. The summed E-state index contributed by atoms with van der Waals surface area (Å²) in [6, 6.07) is 2.39. The van der Waals surface area contributed by atoms with Gasteiger partial charge in [0.2, 0.25) is 5.75 Å². The molecule has 1 rings (SSSR count). The van der Waals surface area contributed by atoms with E-state index in [4.69, 9.17) is 15.6 Å². The number of hydrogen-bond acceptors (Lipinski definition) is 7. The average molecular weight is 257 g/mol. The molecule has 0 aromatic heterocycles. The van der Waals surface area contributed by atoms with Crippen molar-refractivity contribution >= 4 is 5.97 Å². The van der Waals surface area contributed by atoms with Crippen LogP contribution < -0.4 is 10.5 Å². The number of benzene rings is 1. The molecule has 0 aliphatic rings. The molecule has 7 nitrogen and oxygen atoms in total. The fraction of sp³-hybridized carbons (Fsp3) is 0.364. The maximum absolute atomic E-state index is 11.3. The van der Waals surface area contributed by atoms with E-state index in [0.717, 1.165) is 6.07 Å². The minimum atomic E-state index is -1.41. The van der Waals surface area contributed by atoms with Gasteiger partial charge in [0.15, 0.2) is 11.5 Å². The monoisotopic (exact) mass is 257 g/mol. The number of hydrogen-bond donors (Lipinski definition) is 5. The van der Waals surface area contributed by atoms with Gasteiger partial charge >= 0.3 is 5.97 Å².